The number of carbonyl (C=O) groups excluding carboxylic acids is 4. The molecule has 0 rings (SSSR count). The Morgan fingerprint density at radius 1 is 1.42 bits per heavy atom. The fourth-order valence-corrected chi connectivity index (χ4v) is 1.44. The molecular formula is C10H18N4O4S. The lowest BCUT2D eigenvalue weighted by Crippen LogP contribution is -2.53. The van der Waals surface area contributed by atoms with Crippen LogP contribution in [0.4, 0.5) is 0 Å². The molecule has 0 aliphatic heterocycles. The van der Waals surface area contributed by atoms with Gasteiger partial charge < -0.3 is 26.1 Å². The third-order valence-corrected chi connectivity index (χ3v) is 2.49. The van der Waals surface area contributed by atoms with Crippen LogP contribution < -0.4 is 16.4 Å². The molecular weight excluding hydrogens is 272 g/mol. The number of amides is 3. The van der Waals surface area contributed by atoms with Crippen molar-refractivity contribution in [1.29, 1.82) is 0 Å². The van der Waals surface area contributed by atoms with Crippen molar-refractivity contribution < 1.29 is 19.2 Å². The van der Waals surface area contributed by atoms with E-state index in [1.807, 2.05) is 0 Å². The second kappa shape index (κ2) is 9.34. The first kappa shape index (κ1) is 17.4. The zero-order valence-electron chi connectivity index (χ0n) is 10.6. The van der Waals surface area contributed by atoms with Gasteiger partial charge >= 0.3 is 0 Å². The number of thiol groups is 1. The predicted molar refractivity (Wildman–Crippen MR) is 71.3 cm³/mol. The quantitative estimate of drug-likeness (QED) is 0.223. The highest BCUT2D eigenvalue weighted by molar-refractivity contribution is 7.80. The van der Waals surface area contributed by atoms with Gasteiger partial charge in [-0.3, -0.25) is 14.4 Å². The van der Waals surface area contributed by atoms with Crippen molar-refractivity contribution in [3.63, 3.8) is 0 Å². The van der Waals surface area contributed by atoms with E-state index in [0.717, 1.165) is 4.90 Å². The van der Waals surface area contributed by atoms with Crippen molar-refractivity contribution in [3.8, 4) is 0 Å². The second-order valence-corrected chi connectivity index (χ2v) is 3.99. The molecule has 0 radical (unpaired) electrons. The number of hydrogen-bond acceptors (Lipinski definition) is 6. The van der Waals surface area contributed by atoms with Crippen molar-refractivity contribution in [3.05, 3.63) is 0 Å². The standard InChI is InChI=1S/C10H18N4O4S/c1-7(16)12-6-14(2-3-15)10(18)8(5-19)13-9(17)4-11/h3,8,19H,2,4-6,11H2,1H3,(H,12,16)(H,13,17)/t8-/m1/s1. The molecule has 0 heterocycles. The summed E-state index contributed by atoms with van der Waals surface area (Å²) in [5, 5.41) is 4.79. The maximum Gasteiger partial charge on any atom is 0.247 e. The maximum absolute atomic E-state index is 12.0. The maximum atomic E-state index is 12.0. The van der Waals surface area contributed by atoms with Gasteiger partial charge in [-0.2, -0.15) is 12.6 Å². The van der Waals surface area contributed by atoms with Crippen LogP contribution in [0, 0.1) is 0 Å². The van der Waals surface area contributed by atoms with Gasteiger partial charge in [0.05, 0.1) is 19.8 Å². The molecule has 0 aliphatic carbocycles. The van der Waals surface area contributed by atoms with Crippen LogP contribution in [0.5, 0.6) is 0 Å². The van der Waals surface area contributed by atoms with Gasteiger partial charge in [0.15, 0.2) is 0 Å². The van der Waals surface area contributed by atoms with Gasteiger partial charge in [-0.05, 0) is 0 Å². The Labute approximate surface area is 116 Å². The highest BCUT2D eigenvalue weighted by Crippen LogP contribution is 1.97. The first-order chi connectivity index (χ1) is 8.96. The fraction of sp³-hybridized carbons (Fsp3) is 0.600. The molecule has 0 unspecified atom stereocenters. The van der Waals surface area contributed by atoms with Crippen LogP contribution >= 0.6 is 12.6 Å². The highest BCUT2D eigenvalue weighted by atomic mass is 32.1. The van der Waals surface area contributed by atoms with Gasteiger partial charge in [0, 0.05) is 12.7 Å². The first-order valence-corrected chi connectivity index (χ1v) is 6.16. The zero-order valence-corrected chi connectivity index (χ0v) is 11.5. The van der Waals surface area contributed by atoms with E-state index in [-0.39, 0.29) is 31.4 Å². The van der Waals surface area contributed by atoms with E-state index in [0.29, 0.717) is 6.29 Å². The molecule has 0 aromatic rings. The lowest BCUT2D eigenvalue weighted by Gasteiger charge is -2.25. The molecule has 0 aromatic carbocycles. The van der Waals surface area contributed by atoms with E-state index < -0.39 is 17.9 Å². The van der Waals surface area contributed by atoms with Gasteiger partial charge in [0.1, 0.15) is 12.3 Å². The van der Waals surface area contributed by atoms with E-state index in [1.165, 1.54) is 6.92 Å². The summed E-state index contributed by atoms with van der Waals surface area (Å²) >= 11 is 3.96. The number of rotatable bonds is 8. The normalized spacial score (nSPS) is 11.3. The molecule has 8 nitrogen and oxygen atoms in total. The third-order valence-electron chi connectivity index (χ3n) is 2.13. The average Bonchev–Trinajstić information content (AvgIpc) is 2.39. The molecule has 4 N–H and O–H groups in total. The number of nitrogens with two attached hydrogens (primary N) is 1. The van der Waals surface area contributed by atoms with E-state index in [9.17, 15) is 19.2 Å². The highest BCUT2D eigenvalue weighted by Gasteiger charge is 2.24. The van der Waals surface area contributed by atoms with Gasteiger partial charge in [-0.1, -0.05) is 0 Å². The van der Waals surface area contributed by atoms with E-state index in [2.05, 4.69) is 23.3 Å². The minimum absolute atomic E-state index is 0.0556. The molecule has 0 saturated heterocycles. The second-order valence-electron chi connectivity index (χ2n) is 3.63. The Bertz CT molecular complexity index is 350. The fourth-order valence-electron chi connectivity index (χ4n) is 1.19. The van der Waals surface area contributed by atoms with E-state index >= 15 is 0 Å². The zero-order chi connectivity index (χ0) is 14.8. The average molecular weight is 290 g/mol. The van der Waals surface area contributed by atoms with Crippen LogP contribution in [0.15, 0.2) is 0 Å². The molecule has 0 aromatic heterocycles. The molecule has 3 amide bonds. The van der Waals surface area contributed by atoms with Crippen LogP contribution in [0.25, 0.3) is 0 Å². The molecule has 19 heavy (non-hydrogen) atoms. The van der Waals surface area contributed by atoms with Crippen molar-refractivity contribution in [2.45, 2.75) is 13.0 Å². The lowest BCUT2D eigenvalue weighted by molar-refractivity contribution is -0.137. The number of nitrogens with one attached hydrogen (secondary N) is 2. The van der Waals surface area contributed by atoms with Gasteiger partial charge in [0.2, 0.25) is 17.7 Å². The predicted octanol–water partition coefficient (Wildman–Crippen LogP) is -2.52. The van der Waals surface area contributed by atoms with Crippen LogP contribution in [0.1, 0.15) is 6.92 Å². The summed E-state index contributed by atoms with van der Waals surface area (Å²) in [6, 6.07) is -0.895. The van der Waals surface area contributed by atoms with Crippen molar-refractivity contribution in [1.82, 2.24) is 15.5 Å². The van der Waals surface area contributed by atoms with Gasteiger partial charge in [-0.25, -0.2) is 0 Å². The molecule has 0 spiro atoms. The van der Waals surface area contributed by atoms with Crippen molar-refractivity contribution in [2.75, 3.05) is 25.5 Å². The third kappa shape index (κ3) is 6.77. The number of aldehydes is 1. The molecule has 0 aliphatic rings. The van der Waals surface area contributed by atoms with Crippen LogP contribution in [-0.4, -0.2) is 60.5 Å². The van der Waals surface area contributed by atoms with E-state index in [4.69, 9.17) is 5.73 Å². The number of hydrogen-bond donors (Lipinski definition) is 4. The van der Waals surface area contributed by atoms with Crippen LogP contribution in [-0.2, 0) is 19.2 Å². The molecule has 9 heteroatoms. The van der Waals surface area contributed by atoms with Gasteiger partial charge in [0.25, 0.3) is 0 Å². The van der Waals surface area contributed by atoms with Crippen LogP contribution in [0.3, 0.4) is 0 Å². The lowest BCUT2D eigenvalue weighted by atomic mass is 10.2. The Balaban J connectivity index is 4.68. The summed E-state index contributed by atoms with van der Waals surface area (Å²) in [5.74, 6) is -1.30. The van der Waals surface area contributed by atoms with E-state index in [1.54, 1.807) is 0 Å². The van der Waals surface area contributed by atoms with Crippen LogP contribution in [0.2, 0.25) is 0 Å². The summed E-state index contributed by atoms with van der Waals surface area (Å²) in [7, 11) is 0. The molecule has 0 bridgehead atoms. The minimum atomic E-state index is -0.895. The Hall–Kier alpha value is -1.61. The Morgan fingerprint density at radius 2 is 2.05 bits per heavy atom. The molecule has 108 valence electrons. The summed E-state index contributed by atoms with van der Waals surface area (Å²) in [6.07, 6.45) is 0.528. The summed E-state index contributed by atoms with van der Waals surface area (Å²) < 4.78 is 0. The first-order valence-electron chi connectivity index (χ1n) is 5.53. The largest absolute Gasteiger partial charge is 0.342 e. The molecule has 0 saturated carbocycles. The van der Waals surface area contributed by atoms with Crippen molar-refractivity contribution >= 4 is 36.6 Å². The number of nitrogens with zero attached hydrogens (tertiary/aromatic N) is 1. The molecule has 1 atom stereocenters. The van der Waals surface area contributed by atoms with Gasteiger partial charge in [-0.15, -0.1) is 0 Å². The van der Waals surface area contributed by atoms with Crippen molar-refractivity contribution in [2.24, 2.45) is 5.73 Å². The summed E-state index contributed by atoms with van der Waals surface area (Å²) in [6.45, 7) is 0.727. The monoisotopic (exact) mass is 290 g/mol. The Kier molecular flexibility index (Phi) is 8.55. The summed E-state index contributed by atoms with van der Waals surface area (Å²) in [5.41, 5.74) is 5.13. The minimum Gasteiger partial charge on any atom is -0.342 e. The smallest absolute Gasteiger partial charge is 0.247 e. The SMILES string of the molecule is CC(=O)NCN(CC=O)C(=O)[C@@H](CS)NC(=O)CN. The topological polar surface area (TPSA) is 122 Å². The summed E-state index contributed by atoms with van der Waals surface area (Å²) in [4.78, 5) is 45.6. The number of carbonyl (C=O) groups is 4. The Morgan fingerprint density at radius 3 is 2.47 bits per heavy atom. The molecule has 0 fully saturated rings.